The Morgan fingerprint density at radius 1 is 1.20 bits per heavy atom. The molecule has 0 atom stereocenters. The van der Waals surface area contributed by atoms with Gasteiger partial charge in [0.1, 0.15) is 16.6 Å². The van der Waals surface area contributed by atoms with Gasteiger partial charge in [0.2, 0.25) is 0 Å². The summed E-state index contributed by atoms with van der Waals surface area (Å²) in [6.45, 7) is 8.71. The molecular weight excluding hydrogens is 278 g/mol. The van der Waals surface area contributed by atoms with Crippen LogP contribution in [0.25, 0.3) is 10.6 Å². The average molecular weight is 296 g/mol. The maximum atomic E-state index is 13.8. The van der Waals surface area contributed by atoms with Crippen LogP contribution >= 0.6 is 11.3 Å². The molecule has 2 rings (SSSR count). The molecule has 0 amide bonds. The highest BCUT2D eigenvalue weighted by atomic mass is 32.1. The maximum Gasteiger partial charge on any atom is 0.136 e. The highest BCUT2D eigenvalue weighted by Crippen LogP contribution is 2.31. The molecule has 1 aromatic carbocycles. The van der Waals surface area contributed by atoms with Gasteiger partial charge in [-0.25, -0.2) is 13.8 Å². The Kier molecular flexibility index (Phi) is 4.20. The number of hydrogen-bond acceptors (Lipinski definition) is 3. The lowest BCUT2D eigenvalue weighted by Gasteiger charge is -2.19. The van der Waals surface area contributed by atoms with Crippen molar-refractivity contribution in [3.05, 3.63) is 40.4 Å². The Morgan fingerprint density at radius 2 is 1.80 bits per heavy atom. The fourth-order valence-corrected chi connectivity index (χ4v) is 2.80. The van der Waals surface area contributed by atoms with E-state index in [4.69, 9.17) is 0 Å². The third-order valence-corrected chi connectivity index (χ3v) is 4.02. The van der Waals surface area contributed by atoms with E-state index in [-0.39, 0.29) is 11.1 Å². The summed E-state index contributed by atoms with van der Waals surface area (Å²) in [6, 6.07) is 3.86. The number of aromatic nitrogens is 1. The predicted molar refractivity (Wildman–Crippen MR) is 78.8 cm³/mol. The molecule has 5 heteroatoms. The van der Waals surface area contributed by atoms with E-state index in [0.717, 1.165) is 10.6 Å². The summed E-state index contributed by atoms with van der Waals surface area (Å²) in [5, 5.41) is 3.75. The number of thiazole rings is 1. The lowest BCUT2D eigenvalue weighted by atomic mass is 10.1. The number of halogens is 2. The molecule has 0 fully saturated rings. The molecule has 0 bridgehead atoms. The lowest BCUT2D eigenvalue weighted by molar-refractivity contribution is 0.425. The van der Waals surface area contributed by atoms with E-state index < -0.39 is 11.6 Å². The molecule has 0 aliphatic heterocycles. The summed E-state index contributed by atoms with van der Waals surface area (Å²) < 4.78 is 27.5. The van der Waals surface area contributed by atoms with Gasteiger partial charge in [0.25, 0.3) is 0 Å². The minimum atomic E-state index is -0.575. The van der Waals surface area contributed by atoms with E-state index in [1.165, 1.54) is 29.5 Å². The van der Waals surface area contributed by atoms with Gasteiger partial charge in [-0.2, -0.15) is 0 Å². The molecule has 2 nitrogen and oxygen atoms in total. The zero-order valence-corrected chi connectivity index (χ0v) is 12.9. The molecule has 0 unspecified atom stereocenters. The van der Waals surface area contributed by atoms with Crippen molar-refractivity contribution in [1.29, 1.82) is 0 Å². The molecule has 0 aliphatic carbocycles. The van der Waals surface area contributed by atoms with Crippen LogP contribution in [-0.2, 0) is 6.54 Å². The number of rotatable bonds is 3. The predicted octanol–water partition coefficient (Wildman–Crippen LogP) is 4.28. The van der Waals surface area contributed by atoms with Crippen LogP contribution in [0.3, 0.4) is 0 Å². The fourth-order valence-electron chi connectivity index (χ4n) is 1.75. The molecule has 0 saturated heterocycles. The van der Waals surface area contributed by atoms with Gasteiger partial charge in [-0.1, -0.05) is 6.07 Å². The Bertz CT molecular complexity index is 595. The molecule has 20 heavy (non-hydrogen) atoms. The van der Waals surface area contributed by atoms with Gasteiger partial charge >= 0.3 is 0 Å². The highest BCUT2D eigenvalue weighted by molar-refractivity contribution is 7.15. The Balaban J connectivity index is 2.32. The van der Waals surface area contributed by atoms with Crippen LogP contribution in [0.4, 0.5) is 8.78 Å². The van der Waals surface area contributed by atoms with Crippen molar-refractivity contribution in [2.45, 2.75) is 39.8 Å². The van der Waals surface area contributed by atoms with Crippen molar-refractivity contribution in [2.75, 3.05) is 0 Å². The van der Waals surface area contributed by atoms with Crippen molar-refractivity contribution in [2.24, 2.45) is 0 Å². The second kappa shape index (κ2) is 5.58. The first-order valence-corrected chi connectivity index (χ1v) is 7.25. The van der Waals surface area contributed by atoms with Crippen molar-refractivity contribution in [3.63, 3.8) is 0 Å². The van der Waals surface area contributed by atoms with E-state index in [9.17, 15) is 8.78 Å². The van der Waals surface area contributed by atoms with Crippen molar-refractivity contribution >= 4 is 11.3 Å². The summed E-state index contributed by atoms with van der Waals surface area (Å²) in [5.41, 5.74) is 0.756. The highest BCUT2D eigenvalue weighted by Gasteiger charge is 2.18. The SMILES string of the molecule is Cc1nc(-c2c(F)cccc2F)sc1CNC(C)(C)C. The number of nitrogens with zero attached hydrogens (tertiary/aromatic N) is 1. The summed E-state index contributed by atoms with van der Waals surface area (Å²) in [5.74, 6) is -1.15. The normalized spacial score (nSPS) is 11.9. The smallest absolute Gasteiger partial charge is 0.136 e. The van der Waals surface area contributed by atoms with Gasteiger partial charge in [0, 0.05) is 17.0 Å². The van der Waals surface area contributed by atoms with Crippen LogP contribution in [0.2, 0.25) is 0 Å². The third-order valence-electron chi connectivity index (χ3n) is 2.85. The third kappa shape index (κ3) is 3.41. The van der Waals surface area contributed by atoms with E-state index in [2.05, 4.69) is 31.1 Å². The minimum absolute atomic E-state index is 0.0140. The Hall–Kier alpha value is -1.33. The molecule has 1 aromatic heterocycles. The van der Waals surface area contributed by atoms with Crippen LogP contribution in [0.1, 0.15) is 31.3 Å². The monoisotopic (exact) mass is 296 g/mol. The van der Waals surface area contributed by atoms with Crippen LogP contribution in [0, 0.1) is 18.6 Å². The number of hydrogen-bond donors (Lipinski definition) is 1. The first-order chi connectivity index (χ1) is 9.28. The van der Waals surface area contributed by atoms with Gasteiger partial charge < -0.3 is 5.32 Å². The van der Waals surface area contributed by atoms with Crippen molar-refractivity contribution < 1.29 is 8.78 Å². The standard InChI is InChI=1S/C15H18F2N2S/c1-9-12(8-18-15(2,3)4)20-14(19-9)13-10(16)6-5-7-11(13)17/h5-7,18H,8H2,1-4H3. The van der Waals surface area contributed by atoms with E-state index in [0.29, 0.717) is 11.6 Å². The molecular formula is C15H18F2N2S. The van der Waals surface area contributed by atoms with Crippen LogP contribution in [0.15, 0.2) is 18.2 Å². The molecule has 0 spiro atoms. The second-order valence-corrected chi connectivity index (χ2v) is 6.81. The Morgan fingerprint density at radius 3 is 2.35 bits per heavy atom. The van der Waals surface area contributed by atoms with Crippen molar-refractivity contribution in [3.8, 4) is 10.6 Å². The summed E-state index contributed by atoms with van der Waals surface area (Å²) in [6.07, 6.45) is 0. The van der Waals surface area contributed by atoms with Gasteiger partial charge in [0.15, 0.2) is 0 Å². The zero-order chi connectivity index (χ0) is 14.9. The molecule has 1 heterocycles. The zero-order valence-electron chi connectivity index (χ0n) is 12.1. The molecule has 2 aromatic rings. The molecule has 0 aliphatic rings. The van der Waals surface area contributed by atoms with Crippen molar-refractivity contribution in [1.82, 2.24) is 10.3 Å². The largest absolute Gasteiger partial charge is 0.307 e. The quantitative estimate of drug-likeness (QED) is 0.914. The summed E-state index contributed by atoms with van der Waals surface area (Å²) in [4.78, 5) is 5.30. The van der Waals surface area contributed by atoms with E-state index >= 15 is 0 Å². The summed E-state index contributed by atoms with van der Waals surface area (Å²) in [7, 11) is 0. The van der Waals surface area contributed by atoms with Gasteiger partial charge in [-0.15, -0.1) is 11.3 Å². The first-order valence-electron chi connectivity index (χ1n) is 6.43. The molecule has 0 radical (unpaired) electrons. The van der Waals surface area contributed by atoms with Crippen LogP contribution in [-0.4, -0.2) is 10.5 Å². The maximum absolute atomic E-state index is 13.8. The second-order valence-electron chi connectivity index (χ2n) is 5.73. The minimum Gasteiger partial charge on any atom is -0.307 e. The molecule has 1 N–H and O–H groups in total. The lowest BCUT2D eigenvalue weighted by Crippen LogP contribution is -2.34. The summed E-state index contributed by atoms with van der Waals surface area (Å²) >= 11 is 1.33. The fraction of sp³-hybridized carbons (Fsp3) is 0.400. The molecule has 0 saturated carbocycles. The topological polar surface area (TPSA) is 24.9 Å². The first kappa shape index (κ1) is 15.1. The number of benzene rings is 1. The van der Waals surface area contributed by atoms with E-state index in [1.807, 2.05) is 6.92 Å². The van der Waals surface area contributed by atoms with Gasteiger partial charge in [0.05, 0.1) is 11.3 Å². The number of aryl methyl sites for hydroxylation is 1. The molecule has 108 valence electrons. The van der Waals surface area contributed by atoms with Gasteiger partial charge in [-0.3, -0.25) is 0 Å². The van der Waals surface area contributed by atoms with Gasteiger partial charge in [-0.05, 0) is 39.8 Å². The number of nitrogens with one attached hydrogen (secondary N) is 1. The van der Waals surface area contributed by atoms with Crippen LogP contribution in [0.5, 0.6) is 0 Å². The Labute approximate surface area is 121 Å². The van der Waals surface area contributed by atoms with Crippen LogP contribution < -0.4 is 5.32 Å². The average Bonchev–Trinajstić information content (AvgIpc) is 2.67. The van der Waals surface area contributed by atoms with E-state index in [1.54, 1.807) is 0 Å².